The van der Waals surface area contributed by atoms with Crippen molar-refractivity contribution in [3.05, 3.63) is 44.7 Å². The molecule has 4 N–H and O–H groups in total. The summed E-state index contributed by atoms with van der Waals surface area (Å²) in [5.41, 5.74) is 6.60. The Labute approximate surface area is 142 Å². The summed E-state index contributed by atoms with van der Waals surface area (Å²) in [5.74, 6) is 0.109. The Bertz CT molecular complexity index is 787. The number of aromatic nitrogens is 1. The van der Waals surface area contributed by atoms with Gasteiger partial charge >= 0.3 is 0 Å². The van der Waals surface area contributed by atoms with Crippen LogP contribution in [0.1, 0.15) is 36.0 Å². The molecule has 122 valence electrons. The number of aromatic amines is 1. The van der Waals surface area contributed by atoms with Crippen molar-refractivity contribution in [2.24, 2.45) is 11.7 Å². The van der Waals surface area contributed by atoms with Crippen molar-refractivity contribution in [1.82, 2.24) is 10.3 Å². The summed E-state index contributed by atoms with van der Waals surface area (Å²) in [6.07, 6.45) is 4.25. The van der Waals surface area contributed by atoms with Crippen LogP contribution in [0.5, 0.6) is 0 Å². The molecule has 1 aliphatic rings. The number of hydrogen-bond acceptors (Lipinski definition) is 3. The van der Waals surface area contributed by atoms with Gasteiger partial charge in [-0.25, -0.2) is 0 Å². The molecule has 2 atom stereocenters. The number of benzene rings is 1. The highest BCUT2D eigenvalue weighted by Crippen LogP contribution is 2.26. The number of hydrogen-bond donors (Lipinski definition) is 3. The minimum Gasteiger partial charge on any atom is -0.349 e. The molecule has 5 nitrogen and oxygen atoms in total. The van der Waals surface area contributed by atoms with Crippen LogP contribution in [0.15, 0.2) is 33.5 Å². The number of nitrogens with two attached hydrogens (primary N) is 1. The highest BCUT2D eigenvalue weighted by atomic mass is 79.9. The molecule has 0 saturated heterocycles. The van der Waals surface area contributed by atoms with E-state index in [4.69, 9.17) is 5.73 Å². The van der Waals surface area contributed by atoms with Crippen LogP contribution in [-0.2, 0) is 0 Å². The summed E-state index contributed by atoms with van der Waals surface area (Å²) < 4.78 is 0.763. The molecule has 1 aromatic carbocycles. The van der Waals surface area contributed by atoms with E-state index in [0.29, 0.717) is 23.5 Å². The fraction of sp³-hybridized carbons (Fsp3) is 0.412. The summed E-state index contributed by atoms with van der Waals surface area (Å²) in [4.78, 5) is 27.4. The van der Waals surface area contributed by atoms with Crippen LogP contribution in [0.3, 0.4) is 0 Å². The third kappa shape index (κ3) is 3.33. The normalized spacial score (nSPS) is 21.3. The molecule has 1 saturated carbocycles. The number of nitrogens with one attached hydrogen (secondary N) is 2. The van der Waals surface area contributed by atoms with E-state index in [0.717, 1.165) is 35.5 Å². The Kier molecular flexibility index (Phi) is 4.82. The van der Waals surface area contributed by atoms with E-state index in [-0.39, 0.29) is 17.5 Å². The van der Waals surface area contributed by atoms with Gasteiger partial charge in [0.1, 0.15) is 0 Å². The van der Waals surface area contributed by atoms with Crippen LogP contribution in [0.2, 0.25) is 0 Å². The third-order valence-corrected chi connectivity index (χ3v) is 5.26. The van der Waals surface area contributed by atoms with Gasteiger partial charge < -0.3 is 16.0 Å². The van der Waals surface area contributed by atoms with E-state index in [1.165, 1.54) is 6.07 Å². The zero-order valence-corrected chi connectivity index (χ0v) is 14.4. The lowest BCUT2D eigenvalue weighted by atomic mass is 9.84. The number of rotatable bonds is 3. The SMILES string of the molecule is NCC1CCCCC1NC(=O)c1cc(=O)[nH]c2c(Br)cccc12. The lowest BCUT2D eigenvalue weighted by Crippen LogP contribution is -2.44. The zero-order valence-electron chi connectivity index (χ0n) is 12.8. The Morgan fingerprint density at radius 1 is 1.35 bits per heavy atom. The summed E-state index contributed by atoms with van der Waals surface area (Å²) in [6, 6.07) is 6.98. The maximum absolute atomic E-state index is 12.7. The summed E-state index contributed by atoms with van der Waals surface area (Å²) >= 11 is 3.42. The summed E-state index contributed by atoms with van der Waals surface area (Å²) in [6.45, 7) is 0.576. The van der Waals surface area contributed by atoms with Gasteiger partial charge in [-0.15, -0.1) is 0 Å². The Morgan fingerprint density at radius 3 is 2.91 bits per heavy atom. The van der Waals surface area contributed by atoms with E-state index in [9.17, 15) is 9.59 Å². The molecule has 3 rings (SSSR count). The van der Waals surface area contributed by atoms with Gasteiger partial charge in [0.15, 0.2) is 0 Å². The lowest BCUT2D eigenvalue weighted by molar-refractivity contribution is 0.0909. The molecule has 23 heavy (non-hydrogen) atoms. The van der Waals surface area contributed by atoms with Gasteiger partial charge in [0, 0.05) is 22.0 Å². The second kappa shape index (κ2) is 6.84. The second-order valence-electron chi connectivity index (χ2n) is 6.07. The van der Waals surface area contributed by atoms with E-state index in [1.807, 2.05) is 18.2 Å². The van der Waals surface area contributed by atoms with E-state index >= 15 is 0 Å². The van der Waals surface area contributed by atoms with E-state index < -0.39 is 0 Å². The number of amides is 1. The molecular formula is C17H20BrN3O2. The maximum Gasteiger partial charge on any atom is 0.252 e. The number of carbonyl (C=O) groups excluding carboxylic acids is 1. The number of pyridine rings is 1. The van der Waals surface area contributed by atoms with Crippen molar-refractivity contribution in [1.29, 1.82) is 0 Å². The smallest absolute Gasteiger partial charge is 0.252 e. The van der Waals surface area contributed by atoms with Gasteiger partial charge in [-0.1, -0.05) is 25.0 Å². The van der Waals surface area contributed by atoms with E-state index in [2.05, 4.69) is 26.2 Å². The van der Waals surface area contributed by atoms with Gasteiger partial charge in [0.2, 0.25) is 5.56 Å². The average Bonchev–Trinajstić information content (AvgIpc) is 2.55. The maximum atomic E-state index is 12.7. The molecule has 1 aromatic heterocycles. The molecule has 2 unspecified atom stereocenters. The number of halogens is 1. The minimum absolute atomic E-state index is 0.0859. The topological polar surface area (TPSA) is 88.0 Å². The first kappa shape index (κ1) is 16.2. The molecule has 0 spiro atoms. The molecule has 0 aliphatic heterocycles. The first-order valence-electron chi connectivity index (χ1n) is 7.92. The highest BCUT2D eigenvalue weighted by Gasteiger charge is 2.26. The monoisotopic (exact) mass is 377 g/mol. The summed E-state index contributed by atoms with van der Waals surface area (Å²) in [5, 5.41) is 3.82. The zero-order chi connectivity index (χ0) is 16.4. The van der Waals surface area contributed by atoms with Crippen LogP contribution in [0.4, 0.5) is 0 Å². The highest BCUT2D eigenvalue weighted by molar-refractivity contribution is 9.10. The predicted molar refractivity (Wildman–Crippen MR) is 94.5 cm³/mol. The van der Waals surface area contributed by atoms with Gasteiger partial charge in [-0.05, 0) is 47.3 Å². The molecule has 6 heteroatoms. The average molecular weight is 378 g/mol. The van der Waals surface area contributed by atoms with Crippen molar-refractivity contribution >= 4 is 32.7 Å². The Balaban J connectivity index is 1.95. The first-order chi connectivity index (χ1) is 11.1. The summed E-state index contributed by atoms with van der Waals surface area (Å²) in [7, 11) is 0. The molecule has 1 fully saturated rings. The fourth-order valence-corrected chi connectivity index (χ4v) is 3.82. The van der Waals surface area contributed by atoms with Crippen molar-refractivity contribution in [3.8, 4) is 0 Å². The molecule has 2 aromatic rings. The van der Waals surface area contributed by atoms with Crippen LogP contribution >= 0.6 is 15.9 Å². The Hall–Kier alpha value is -1.66. The quantitative estimate of drug-likeness (QED) is 0.767. The third-order valence-electron chi connectivity index (χ3n) is 4.60. The van der Waals surface area contributed by atoms with Crippen molar-refractivity contribution in [2.75, 3.05) is 6.54 Å². The van der Waals surface area contributed by atoms with Crippen molar-refractivity contribution in [3.63, 3.8) is 0 Å². The van der Waals surface area contributed by atoms with Crippen molar-refractivity contribution < 1.29 is 4.79 Å². The minimum atomic E-state index is -0.284. The van der Waals surface area contributed by atoms with Crippen LogP contribution < -0.4 is 16.6 Å². The van der Waals surface area contributed by atoms with Crippen LogP contribution in [-0.4, -0.2) is 23.5 Å². The standard InChI is InChI=1S/C17H20BrN3O2/c18-13-6-3-5-11-12(8-15(22)21-16(11)13)17(23)20-14-7-2-1-4-10(14)9-19/h3,5-6,8,10,14H,1-2,4,7,9,19H2,(H,20,23)(H,21,22). The lowest BCUT2D eigenvalue weighted by Gasteiger charge is -2.31. The van der Waals surface area contributed by atoms with Crippen LogP contribution in [0, 0.1) is 5.92 Å². The molecule has 0 bridgehead atoms. The van der Waals surface area contributed by atoms with Gasteiger partial charge in [-0.3, -0.25) is 9.59 Å². The fourth-order valence-electron chi connectivity index (χ4n) is 3.36. The molecule has 1 aliphatic carbocycles. The molecule has 0 radical (unpaired) electrons. The van der Waals surface area contributed by atoms with Gasteiger partial charge in [0.25, 0.3) is 5.91 Å². The molecule has 1 heterocycles. The van der Waals surface area contributed by atoms with Gasteiger partial charge in [-0.2, -0.15) is 0 Å². The van der Waals surface area contributed by atoms with E-state index in [1.54, 1.807) is 0 Å². The second-order valence-corrected chi connectivity index (χ2v) is 6.92. The van der Waals surface area contributed by atoms with Gasteiger partial charge in [0.05, 0.1) is 11.1 Å². The van der Waals surface area contributed by atoms with Crippen LogP contribution in [0.25, 0.3) is 10.9 Å². The first-order valence-corrected chi connectivity index (χ1v) is 8.72. The number of fused-ring (bicyclic) bond motifs is 1. The molecule has 1 amide bonds. The number of H-pyrrole nitrogens is 1. The largest absolute Gasteiger partial charge is 0.349 e. The molecular weight excluding hydrogens is 358 g/mol. The van der Waals surface area contributed by atoms with Crippen molar-refractivity contribution in [2.45, 2.75) is 31.7 Å². The number of para-hydroxylation sites is 1. The predicted octanol–water partition coefficient (Wildman–Crippen LogP) is 2.54. The number of carbonyl (C=O) groups is 1. The Morgan fingerprint density at radius 2 is 2.13 bits per heavy atom.